The fourth-order valence-electron chi connectivity index (χ4n) is 4.01. The van der Waals surface area contributed by atoms with Crippen molar-refractivity contribution in [2.45, 2.75) is 6.04 Å². The summed E-state index contributed by atoms with van der Waals surface area (Å²) >= 11 is 12.3. The molecule has 0 amide bonds. The number of carboxylic acid groups (broad SMARTS) is 1. The Morgan fingerprint density at radius 1 is 0.833 bits per heavy atom. The highest BCUT2D eigenvalue weighted by Crippen LogP contribution is 2.32. The van der Waals surface area contributed by atoms with Crippen LogP contribution in [0.5, 0.6) is 0 Å². The van der Waals surface area contributed by atoms with Crippen molar-refractivity contribution in [2.24, 2.45) is 0 Å². The average molecular weight is 441 g/mol. The zero-order valence-corrected chi connectivity index (χ0v) is 17.9. The van der Waals surface area contributed by atoms with Gasteiger partial charge < -0.3 is 10.0 Å². The van der Waals surface area contributed by atoms with Crippen LogP contribution in [-0.4, -0.2) is 42.2 Å². The molecule has 154 valence electrons. The number of rotatable bonds is 5. The van der Waals surface area contributed by atoms with Crippen LogP contribution in [0, 0.1) is 0 Å². The molecule has 1 saturated heterocycles. The van der Waals surface area contributed by atoms with E-state index in [1.54, 1.807) is 12.1 Å². The molecule has 1 atom stereocenters. The average Bonchev–Trinajstić information content (AvgIpc) is 2.76. The second-order valence-electron chi connectivity index (χ2n) is 7.36. The number of anilines is 1. The van der Waals surface area contributed by atoms with Crippen molar-refractivity contribution in [1.29, 1.82) is 0 Å². The SMILES string of the molecule is O=C(O)c1ccc(N2CCN(C(c3ccccc3)c3ccc(Cl)cc3)CC2)cc1Cl. The molecule has 1 N–H and O–H groups in total. The summed E-state index contributed by atoms with van der Waals surface area (Å²) in [4.78, 5) is 15.9. The molecular weight excluding hydrogens is 419 g/mol. The Labute approximate surface area is 186 Å². The number of hydrogen-bond donors (Lipinski definition) is 1. The molecule has 4 nitrogen and oxygen atoms in total. The van der Waals surface area contributed by atoms with Crippen LogP contribution in [0.3, 0.4) is 0 Å². The van der Waals surface area contributed by atoms with Crippen molar-refractivity contribution < 1.29 is 9.90 Å². The summed E-state index contributed by atoms with van der Waals surface area (Å²) in [5, 5.41) is 10.2. The van der Waals surface area contributed by atoms with E-state index in [2.05, 4.69) is 46.2 Å². The van der Waals surface area contributed by atoms with Crippen molar-refractivity contribution in [1.82, 2.24) is 4.90 Å². The predicted molar refractivity (Wildman–Crippen MR) is 122 cm³/mol. The summed E-state index contributed by atoms with van der Waals surface area (Å²) < 4.78 is 0. The first-order valence-electron chi connectivity index (χ1n) is 9.85. The zero-order chi connectivity index (χ0) is 21.1. The van der Waals surface area contributed by atoms with Gasteiger partial charge in [-0.3, -0.25) is 4.90 Å². The molecule has 0 aromatic heterocycles. The standard InChI is InChI=1S/C24H22Cl2N2O2/c25-19-8-6-18(7-9-19)23(17-4-2-1-3-5-17)28-14-12-27(13-15-28)20-10-11-21(24(29)30)22(26)16-20/h1-11,16,23H,12-15H2,(H,29,30). The summed E-state index contributed by atoms with van der Waals surface area (Å²) in [7, 11) is 0. The Balaban J connectivity index is 1.54. The Kier molecular flexibility index (Phi) is 6.28. The number of carboxylic acids is 1. The largest absolute Gasteiger partial charge is 0.478 e. The quantitative estimate of drug-likeness (QED) is 0.560. The molecule has 0 bridgehead atoms. The predicted octanol–water partition coefficient (Wildman–Crippen LogP) is 5.60. The van der Waals surface area contributed by atoms with Gasteiger partial charge in [0.05, 0.1) is 16.6 Å². The molecule has 0 spiro atoms. The van der Waals surface area contributed by atoms with Crippen LogP contribution < -0.4 is 4.90 Å². The maximum Gasteiger partial charge on any atom is 0.337 e. The molecule has 1 aliphatic rings. The Morgan fingerprint density at radius 3 is 2.07 bits per heavy atom. The van der Waals surface area contributed by atoms with E-state index in [1.807, 2.05) is 24.3 Å². The molecule has 30 heavy (non-hydrogen) atoms. The number of aromatic carboxylic acids is 1. The minimum atomic E-state index is -1.01. The number of halogens is 2. The van der Waals surface area contributed by atoms with Crippen molar-refractivity contribution >= 4 is 34.9 Å². The van der Waals surface area contributed by atoms with Gasteiger partial charge in [0.25, 0.3) is 0 Å². The lowest BCUT2D eigenvalue weighted by Gasteiger charge is -2.40. The van der Waals surface area contributed by atoms with E-state index >= 15 is 0 Å². The zero-order valence-electron chi connectivity index (χ0n) is 16.3. The van der Waals surface area contributed by atoms with Gasteiger partial charge in [0.15, 0.2) is 0 Å². The third kappa shape index (κ3) is 4.46. The number of hydrogen-bond acceptors (Lipinski definition) is 3. The Morgan fingerprint density at radius 2 is 1.47 bits per heavy atom. The van der Waals surface area contributed by atoms with Gasteiger partial charge in [-0.1, -0.05) is 65.7 Å². The maximum absolute atomic E-state index is 11.2. The lowest BCUT2D eigenvalue weighted by Crippen LogP contribution is -2.48. The van der Waals surface area contributed by atoms with Gasteiger partial charge in [0.2, 0.25) is 0 Å². The van der Waals surface area contributed by atoms with E-state index in [-0.39, 0.29) is 16.6 Å². The lowest BCUT2D eigenvalue weighted by molar-refractivity contribution is 0.0697. The first-order valence-corrected chi connectivity index (χ1v) is 10.6. The molecule has 1 unspecified atom stereocenters. The number of piperazine rings is 1. The molecule has 6 heteroatoms. The highest BCUT2D eigenvalue weighted by Gasteiger charge is 2.27. The normalized spacial score (nSPS) is 15.7. The van der Waals surface area contributed by atoms with Crippen LogP contribution in [0.1, 0.15) is 27.5 Å². The highest BCUT2D eigenvalue weighted by atomic mass is 35.5. The summed E-state index contributed by atoms with van der Waals surface area (Å²) in [6.45, 7) is 3.42. The third-order valence-electron chi connectivity index (χ3n) is 5.53. The summed E-state index contributed by atoms with van der Waals surface area (Å²) in [6, 6.07) is 23.9. The molecular formula is C24H22Cl2N2O2. The minimum Gasteiger partial charge on any atom is -0.478 e. The summed E-state index contributed by atoms with van der Waals surface area (Å²) in [5.41, 5.74) is 3.55. The van der Waals surface area contributed by atoms with Gasteiger partial charge in [-0.25, -0.2) is 4.79 Å². The first-order chi connectivity index (χ1) is 14.5. The molecule has 1 heterocycles. The second kappa shape index (κ2) is 9.09. The Bertz CT molecular complexity index is 1020. The van der Waals surface area contributed by atoms with E-state index in [0.29, 0.717) is 0 Å². The second-order valence-corrected chi connectivity index (χ2v) is 8.20. The van der Waals surface area contributed by atoms with Gasteiger partial charge in [-0.2, -0.15) is 0 Å². The van der Waals surface area contributed by atoms with Crippen LogP contribution in [-0.2, 0) is 0 Å². The van der Waals surface area contributed by atoms with Crippen LogP contribution in [0.2, 0.25) is 10.0 Å². The van der Waals surface area contributed by atoms with Crippen molar-refractivity contribution in [3.63, 3.8) is 0 Å². The fraction of sp³-hybridized carbons (Fsp3) is 0.208. The fourth-order valence-corrected chi connectivity index (χ4v) is 4.39. The van der Waals surface area contributed by atoms with Gasteiger partial charge in [-0.15, -0.1) is 0 Å². The van der Waals surface area contributed by atoms with Crippen molar-refractivity contribution in [2.75, 3.05) is 31.1 Å². The maximum atomic E-state index is 11.2. The van der Waals surface area contributed by atoms with E-state index < -0.39 is 5.97 Å². The van der Waals surface area contributed by atoms with E-state index in [1.165, 1.54) is 11.1 Å². The monoisotopic (exact) mass is 440 g/mol. The molecule has 1 aliphatic heterocycles. The highest BCUT2D eigenvalue weighted by molar-refractivity contribution is 6.33. The number of benzene rings is 3. The van der Waals surface area contributed by atoms with Crippen LogP contribution in [0.4, 0.5) is 5.69 Å². The molecule has 0 radical (unpaired) electrons. The summed E-state index contributed by atoms with van der Waals surface area (Å²) in [6.07, 6.45) is 0. The third-order valence-corrected chi connectivity index (χ3v) is 6.09. The van der Waals surface area contributed by atoms with Crippen LogP contribution in [0.15, 0.2) is 72.8 Å². The molecule has 0 aliphatic carbocycles. The molecule has 3 aromatic carbocycles. The smallest absolute Gasteiger partial charge is 0.337 e. The van der Waals surface area contributed by atoms with Crippen LogP contribution >= 0.6 is 23.2 Å². The molecule has 0 saturated carbocycles. The van der Waals surface area contributed by atoms with E-state index in [9.17, 15) is 9.90 Å². The van der Waals surface area contributed by atoms with E-state index in [4.69, 9.17) is 23.2 Å². The number of nitrogens with zero attached hydrogens (tertiary/aromatic N) is 2. The van der Waals surface area contributed by atoms with Gasteiger partial charge in [-0.05, 0) is 41.5 Å². The number of carbonyl (C=O) groups is 1. The lowest BCUT2D eigenvalue weighted by atomic mass is 9.96. The van der Waals surface area contributed by atoms with Crippen molar-refractivity contribution in [3.05, 3.63) is 99.5 Å². The Hall–Kier alpha value is -2.53. The molecule has 3 aromatic rings. The first kappa shape index (κ1) is 20.7. The van der Waals surface area contributed by atoms with E-state index in [0.717, 1.165) is 36.9 Å². The molecule has 1 fully saturated rings. The van der Waals surface area contributed by atoms with Gasteiger partial charge in [0.1, 0.15) is 0 Å². The minimum absolute atomic E-state index is 0.130. The summed E-state index contributed by atoms with van der Waals surface area (Å²) in [5.74, 6) is -1.01. The van der Waals surface area contributed by atoms with Gasteiger partial charge in [0, 0.05) is 36.9 Å². The topological polar surface area (TPSA) is 43.8 Å². The van der Waals surface area contributed by atoms with Crippen molar-refractivity contribution in [3.8, 4) is 0 Å². The van der Waals surface area contributed by atoms with Gasteiger partial charge >= 0.3 is 5.97 Å². The molecule has 4 rings (SSSR count). The van der Waals surface area contributed by atoms with Crippen LogP contribution in [0.25, 0.3) is 0 Å².